The summed E-state index contributed by atoms with van der Waals surface area (Å²) < 4.78 is 5.64. The van der Waals surface area contributed by atoms with Crippen molar-refractivity contribution in [1.29, 1.82) is 0 Å². The summed E-state index contributed by atoms with van der Waals surface area (Å²) in [5.74, 6) is -1.50. The number of benzene rings is 3. The van der Waals surface area contributed by atoms with Crippen LogP contribution in [0.3, 0.4) is 0 Å². The molecule has 7 nitrogen and oxygen atoms in total. The van der Waals surface area contributed by atoms with Crippen LogP contribution >= 0.6 is 11.6 Å². The topological polar surface area (TPSA) is 100 Å². The minimum absolute atomic E-state index is 0.103. The van der Waals surface area contributed by atoms with Gasteiger partial charge in [-0.25, -0.2) is 0 Å². The Morgan fingerprint density at radius 3 is 2.24 bits per heavy atom. The number of hydrogen-bond acceptors (Lipinski definition) is 4. The molecule has 0 radical (unpaired) electrons. The van der Waals surface area contributed by atoms with Crippen molar-refractivity contribution in [2.24, 2.45) is 0 Å². The van der Waals surface area contributed by atoms with Crippen LogP contribution in [0.4, 0.5) is 0 Å². The van der Waals surface area contributed by atoms with E-state index in [0.717, 1.165) is 10.9 Å². The molecule has 3 aromatic carbocycles. The zero-order valence-electron chi connectivity index (χ0n) is 18.3. The largest absolute Gasteiger partial charge is 0.451 e. The molecule has 0 fully saturated rings. The first-order valence-corrected chi connectivity index (χ1v) is 11.0. The van der Waals surface area contributed by atoms with Gasteiger partial charge in [-0.15, -0.1) is 0 Å². The van der Waals surface area contributed by atoms with Crippen LogP contribution in [0.5, 0.6) is 0 Å². The van der Waals surface area contributed by atoms with Gasteiger partial charge in [0.1, 0.15) is 11.6 Å². The van der Waals surface area contributed by atoms with Gasteiger partial charge in [0.15, 0.2) is 5.76 Å². The number of rotatable bonds is 6. The molecule has 3 N–H and O–H groups in total. The number of hydrogen-bond donors (Lipinski definition) is 3. The number of nitrogens with one attached hydrogen (secondary N) is 3. The van der Waals surface area contributed by atoms with Crippen molar-refractivity contribution in [2.75, 3.05) is 0 Å². The zero-order chi connectivity index (χ0) is 24.1. The van der Waals surface area contributed by atoms with E-state index in [-0.39, 0.29) is 12.2 Å². The molecule has 1 aromatic heterocycles. The molecule has 34 heavy (non-hydrogen) atoms. The third-order valence-electron chi connectivity index (χ3n) is 5.36. The lowest BCUT2D eigenvalue weighted by atomic mass is 10.0. The van der Waals surface area contributed by atoms with Crippen LogP contribution < -0.4 is 16.2 Å². The van der Waals surface area contributed by atoms with Crippen molar-refractivity contribution < 1.29 is 18.8 Å². The van der Waals surface area contributed by atoms with Gasteiger partial charge in [0, 0.05) is 28.0 Å². The number of carbonyl (C=O) groups excluding carboxylic acids is 3. The minimum Gasteiger partial charge on any atom is -0.451 e. The number of furan rings is 1. The van der Waals surface area contributed by atoms with Crippen molar-refractivity contribution in [2.45, 2.75) is 19.4 Å². The molecular formula is C26H22ClN3O4. The zero-order valence-corrected chi connectivity index (χ0v) is 19.1. The lowest BCUT2D eigenvalue weighted by molar-refractivity contribution is -0.123. The second-order valence-corrected chi connectivity index (χ2v) is 8.15. The molecule has 0 aliphatic carbocycles. The highest BCUT2D eigenvalue weighted by atomic mass is 35.5. The summed E-state index contributed by atoms with van der Waals surface area (Å²) in [5.41, 5.74) is 7.24. The van der Waals surface area contributed by atoms with Crippen molar-refractivity contribution >= 4 is 40.3 Å². The molecule has 4 aromatic rings. The van der Waals surface area contributed by atoms with Crippen LogP contribution in [0.2, 0.25) is 5.02 Å². The average Bonchev–Trinajstić information content (AvgIpc) is 3.19. The molecule has 0 saturated heterocycles. The van der Waals surface area contributed by atoms with Crippen molar-refractivity contribution in [1.82, 2.24) is 16.2 Å². The Bertz CT molecular complexity index is 1330. The third-order valence-corrected chi connectivity index (χ3v) is 5.61. The van der Waals surface area contributed by atoms with Gasteiger partial charge in [0.25, 0.3) is 11.8 Å². The Labute approximate surface area is 201 Å². The fourth-order valence-corrected chi connectivity index (χ4v) is 3.68. The number of amides is 3. The van der Waals surface area contributed by atoms with Crippen LogP contribution in [0.25, 0.3) is 11.0 Å². The van der Waals surface area contributed by atoms with Gasteiger partial charge in [-0.05, 0) is 42.8 Å². The van der Waals surface area contributed by atoms with Gasteiger partial charge in [-0.2, -0.15) is 0 Å². The van der Waals surface area contributed by atoms with E-state index in [1.807, 2.05) is 48.5 Å². The van der Waals surface area contributed by atoms with Crippen LogP contribution in [0.15, 0.2) is 83.3 Å². The highest BCUT2D eigenvalue weighted by Gasteiger charge is 2.24. The number of aryl methyl sites for hydroxylation is 1. The summed E-state index contributed by atoms with van der Waals surface area (Å²) in [7, 11) is 0. The molecule has 1 atom stereocenters. The van der Waals surface area contributed by atoms with E-state index in [1.54, 1.807) is 37.3 Å². The monoisotopic (exact) mass is 475 g/mol. The van der Waals surface area contributed by atoms with E-state index in [1.165, 1.54) is 0 Å². The summed E-state index contributed by atoms with van der Waals surface area (Å²) in [5, 5.41) is 4.04. The number of halogens is 1. The lowest BCUT2D eigenvalue weighted by Crippen LogP contribution is -2.53. The molecular weight excluding hydrogens is 454 g/mol. The highest BCUT2D eigenvalue weighted by Crippen LogP contribution is 2.24. The first-order valence-electron chi connectivity index (χ1n) is 10.6. The van der Waals surface area contributed by atoms with E-state index >= 15 is 0 Å². The Kier molecular flexibility index (Phi) is 6.94. The number of para-hydroxylation sites is 1. The van der Waals surface area contributed by atoms with Gasteiger partial charge in [-0.1, -0.05) is 60.1 Å². The fourth-order valence-electron chi connectivity index (χ4n) is 3.56. The van der Waals surface area contributed by atoms with Crippen LogP contribution in [0.1, 0.15) is 32.0 Å². The smallest absolute Gasteiger partial charge is 0.305 e. The Morgan fingerprint density at radius 2 is 1.53 bits per heavy atom. The summed E-state index contributed by atoms with van der Waals surface area (Å²) in [6.45, 7) is 1.77. The molecule has 1 heterocycles. The van der Waals surface area contributed by atoms with Crippen molar-refractivity contribution in [3.8, 4) is 0 Å². The Hall–Kier alpha value is -4.10. The van der Waals surface area contributed by atoms with Crippen molar-refractivity contribution in [3.63, 3.8) is 0 Å². The van der Waals surface area contributed by atoms with Crippen LogP contribution in [-0.4, -0.2) is 23.8 Å². The summed E-state index contributed by atoms with van der Waals surface area (Å²) in [6.07, 6.45) is 0.228. The molecule has 0 bridgehead atoms. The predicted octanol–water partition coefficient (Wildman–Crippen LogP) is 4.20. The average molecular weight is 476 g/mol. The van der Waals surface area contributed by atoms with Gasteiger partial charge < -0.3 is 9.73 Å². The molecule has 8 heteroatoms. The maximum Gasteiger partial charge on any atom is 0.305 e. The minimum atomic E-state index is -0.942. The first kappa shape index (κ1) is 23.1. The first-order chi connectivity index (χ1) is 16.4. The fraction of sp³-hybridized carbons (Fsp3) is 0.115. The molecule has 172 valence electrons. The second-order valence-electron chi connectivity index (χ2n) is 7.72. The Morgan fingerprint density at radius 1 is 0.853 bits per heavy atom. The van der Waals surface area contributed by atoms with E-state index in [0.29, 0.717) is 21.7 Å². The summed E-state index contributed by atoms with van der Waals surface area (Å²) in [4.78, 5) is 38.4. The molecule has 4 rings (SSSR count). The normalized spacial score (nSPS) is 11.6. The number of carbonyl (C=O) groups is 3. The van der Waals surface area contributed by atoms with Crippen molar-refractivity contribution in [3.05, 3.63) is 106 Å². The molecule has 1 unspecified atom stereocenters. The van der Waals surface area contributed by atoms with E-state index in [9.17, 15) is 14.4 Å². The Balaban J connectivity index is 1.47. The number of fused-ring (bicyclic) bond motifs is 1. The van der Waals surface area contributed by atoms with Gasteiger partial charge >= 0.3 is 5.91 Å². The quantitative estimate of drug-likeness (QED) is 0.364. The predicted molar refractivity (Wildman–Crippen MR) is 129 cm³/mol. The molecule has 0 aliphatic heterocycles. The van der Waals surface area contributed by atoms with Gasteiger partial charge in [0.2, 0.25) is 0 Å². The van der Waals surface area contributed by atoms with Gasteiger partial charge in [-0.3, -0.25) is 25.2 Å². The maximum atomic E-state index is 13.0. The second kappa shape index (κ2) is 10.2. The summed E-state index contributed by atoms with van der Waals surface area (Å²) >= 11 is 5.89. The summed E-state index contributed by atoms with van der Waals surface area (Å²) in [6, 6.07) is 21.9. The van der Waals surface area contributed by atoms with Crippen LogP contribution in [-0.2, 0) is 11.2 Å². The highest BCUT2D eigenvalue weighted by molar-refractivity contribution is 6.30. The third kappa shape index (κ3) is 5.27. The molecule has 0 aliphatic rings. The maximum absolute atomic E-state index is 13.0. The molecule has 0 saturated carbocycles. The number of hydrazine groups is 1. The van der Waals surface area contributed by atoms with Gasteiger partial charge in [0.05, 0.1) is 0 Å². The van der Waals surface area contributed by atoms with E-state index < -0.39 is 23.8 Å². The standard InChI is InChI=1S/C26H22ClN3O4/c1-16-20-9-5-6-10-22(20)34-23(16)26(33)30-29-25(32)21(15-17-7-3-2-4-8-17)28-24(31)18-11-13-19(27)14-12-18/h2-14,21H,15H2,1H3,(H,28,31)(H,29,32)(H,30,33). The SMILES string of the molecule is Cc1c(C(=O)NNC(=O)C(Cc2ccccc2)NC(=O)c2ccc(Cl)cc2)oc2ccccc12. The van der Waals surface area contributed by atoms with E-state index in [2.05, 4.69) is 16.2 Å². The van der Waals surface area contributed by atoms with Crippen LogP contribution in [0, 0.1) is 6.92 Å². The molecule has 3 amide bonds. The molecule has 0 spiro atoms. The lowest BCUT2D eigenvalue weighted by Gasteiger charge is -2.19. The van der Waals surface area contributed by atoms with E-state index in [4.69, 9.17) is 16.0 Å².